The third-order valence-electron chi connectivity index (χ3n) is 3.71. The Kier molecular flexibility index (Phi) is 4.68. The lowest BCUT2D eigenvalue weighted by Crippen LogP contribution is -2.29. The molecule has 0 fully saturated rings. The maximum absolute atomic E-state index is 12.1. The lowest BCUT2D eigenvalue weighted by atomic mass is 10.0. The summed E-state index contributed by atoms with van der Waals surface area (Å²) in [5.74, 6) is 0.348. The summed E-state index contributed by atoms with van der Waals surface area (Å²) in [6.45, 7) is 8.34. The molecule has 0 aliphatic carbocycles. The van der Waals surface area contributed by atoms with Gasteiger partial charge in [-0.05, 0) is 62.4 Å². The summed E-state index contributed by atoms with van der Waals surface area (Å²) in [4.78, 5) is 12.1. The number of aliphatic hydroxyl groups is 1. The minimum Gasteiger partial charge on any atom is -0.451 e. The summed E-state index contributed by atoms with van der Waals surface area (Å²) < 4.78 is 5.62. The fraction of sp³-hybridized carbons (Fsp3) is 0.471. The topological polar surface area (TPSA) is 62.5 Å². The van der Waals surface area contributed by atoms with Crippen molar-refractivity contribution in [1.82, 2.24) is 5.32 Å². The first-order valence-electron chi connectivity index (χ1n) is 7.34. The summed E-state index contributed by atoms with van der Waals surface area (Å²) in [5, 5.41) is 13.1. The maximum Gasteiger partial charge on any atom is 0.287 e. The average Bonchev–Trinajstić information content (AvgIpc) is 2.78. The molecule has 2 unspecified atom stereocenters. The molecule has 0 aliphatic rings. The molecule has 114 valence electrons. The number of benzene rings is 1. The van der Waals surface area contributed by atoms with Gasteiger partial charge in [-0.2, -0.15) is 0 Å². The Hall–Kier alpha value is -1.81. The molecule has 2 N–H and O–H groups in total. The number of nitrogens with one attached hydrogen (secondary N) is 1. The third kappa shape index (κ3) is 3.85. The predicted molar refractivity (Wildman–Crippen MR) is 83.5 cm³/mol. The molecule has 1 aromatic heterocycles. The van der Waals surface area contributed by atoms with Crippen LogP contribution in [0, 0.1) is 19.8 Å². The second-order valence-electron chi connectivity index (χ2n) is 5.98. The largest absolute Gasteiger partial charge is 0.451 e. The molecule has 1 heterocycles. The molecule has 21 heavy (non-hydrogen) atoms. The van der Waals surface area contributed by atoms with Gasteiger partial charge < -0.3 is 14.8 Å². The highest BCUT2D eigenvalue weighted by Crippen LogP contribution is 2.23. The lowest BCUT2D eigenvalue weighted by molar-refractivity contribution is 0.0914. The molecule has 0 saturated heterocycles. The third-order valence-corrected chi connectivity index (χ3v) is 3.71. The van der Waals surface area contributed by atoms with Crippen LogP contribution in [0.1, 0.15) is 41.9 Å². The van der Waals surface area contributed by atoms with Crippen molar-refractivity contribution in [3.8, 4) is 0 Å². The summed E-state index contributed by atoms with van der Waals surface area (Å²) in [7, 11) is 0. The predicted octanol–water partition coefficient (Wildman–Crippen LogP) is 3.19. The first-order valence-corrected chi connectivity index (χ1v) is 7.34. The van der Waals surface area contributed by atoms with Gasteiger partial charge in [-0.3, -0.25) is 4.79 Å². The van der Waals surface area contributed by atoms with E-state index < -0.39 is 0 Å². The van der Waals surface area contributed by atoms with E-state index in [0.717, 1.165) is 16.5 Å². The molecule has 4 nitrogen and oxygen atoms in total. The molecule has 2 atom stereocenters. The highest BCUT2D eigenvalue weighted by Gasteiger charge is 2.14. The van der Waals surface area contributed by atoms with E-state index in [0.29, 0.717) is 18.7 Å². The van der Waals surface area contributed by atoms with Gasteiger partial charge in [0.15, 0.2) is 5.76 Å². The fourth-order valence-corrected chi connectivity index (χ4v) is 2.43. The Morgan fingerprint density at radius 2 is 1.90 bits per heavy atom. The van der Waals surface area contributed by atoms with E-state index in [9.17, 15) is 9.90 Å². The summed E-state index contributed by atoms with van der Waals surface area (Å²) in [6.07, 6.45) is 0.313. The van der Waals surface area contributed by atoms with Crippen molar-refractivity contribution in [3.63, 3.8) is 0 Å². The number of rotatable bonds is 5. The Balaban J connectivity index is 2.06. The van der Waals surface area contributed by atoms with E-state index >= 15 is 0 Å². The van der Waals surface area contributed by atoms with Crippen molar-refractivity contribution in [2.45, 2.75) is 40.2 Å². The van der Waals surface area contributed by atoms with Gasteiger partial charge in [-0.1, -0.05) is 6.92 Å². The first-order chi connectivity index (χ1) is 9.86. The number of furan rings is 1. The molecule has 4 heteroatoms. The van der Waals surface area contributed by atoms with E-state index in [1.807, 2.05) is 32.9 Å². The van der Waals surface area contributed by atoms with Crippen LogP contribution < -0.4 is 5.32 Å². The Morgan fingerprint density at radius 3 is 2.57 bits per heavy atom. The minimum atomic E-state index is -0.353. The second-order valence-corrected chi connectivity index (χ2v) is 5.98. The number of aliphatic hydroxyl groups excluding tert-OH is 1. The SMILES string of the molecule is Cc1cc2cc(C(=O)NCC(C)CC(C)O)oc2cc1C. The molecule has 0 bridgehead atoms. The monoisotopic (exact) mass is 289 g/mol. The molecule has 0 radical (unpaired) electrons. The summed E-state index contributed by atoms with van der Waals surface area (Å²) >= 11 is 0. The van der Waals surface area contributed by atoms with Crippen LogP contribution in [0.3, 0.4) is 0 Å². The van der Waals surface area contributed by atoms with Gasteiger partial charge in [-0.15, -0.1) is 0 Å². The van der Waals surface area contributed by atoms with Gasteiger partial charge in [0.2, 0.25) is 0 Å². The first kappa shape index (κ1) is 15.6. The molecule has 0 aliphatic heterocycles. The van der Waals surface area contributed by atoms with Crippen LogP contribution in [0.2, 0.25) is 0 Å². The number of amides is 1. The molecule has 0 spiro atoms. The van der Waals surface area contributed by atoms with E-state index in [1.165, 1.54) is 5.56 Å². The van der Waals surface area contributed by atoms with E-state index in [1.54, 1.807) is 13.0 Å². The van der Waals surface area contributed by atoms with Crippen molar-refractivity contribution < 1.29 is 14.3 Å². The highest BCUT2D eigenvalue weighted by atomic mass is 16.3. The van der Waals surface area contributed by atoms with Gasteiger partial charge in [0.05, 0.1) is 6.10 Å². The Morgan fingerprint density at radius 1 is 1.24 bits per heavy atom. The Labute approximate surface area is 125 Å². The van der Waals surface area contributed by atoms with Crippen molar-refractivity contribution in [1.29, 1.82) is 0 Å². The van der Waals surface area contributed by atoms with E-state index in [2.05, 4.69) is 5.32 Å². The Bertz CT molecular complexity index is 604. The van der Waals surface area contributed by atoms with E-state index in [4.69, 9.17) is 4.42 Å². The summed E-state index contributed by atoms with van der Waals surface area (Å²) in [6, 6.07) is 5.76. The van der Waals surface area contributed by atoms with Crippen LogP contribution in [0.15, 0.2) is 22.6 Å². The van der Waals surface area contributed by atoms with Crippen molar-refractivity contribution in [2.24, 2.45) is 5.92 Å². The highest BCUT2D eigenvalue weighted by molar-refractivity contribution is 5.96. The second kappa shape index (κ2) is 6.31. The molecular weight excluding hydrogens is 266 g/mol. The zero-order valence-corrected chi connectivity index (χ0v) is 13.1. The number of hydrogen-bond acceptors (Lipinski definition) is 3. The van der Waals surface area contributed by atoms with Gasteiger partial charge in [0, 0.05) is 11.9 Å². The molecule has 2 rings (SSSR count). The van der Waals surface area contributed by atoms with Gasteiger partial charge in [-0.25, -0.2) is 0 Å². The van der Waals surface area contributed by atoms with Crippen molar-refractivity contribution in [2.75, 3.05) is 6.54 Å². The van der Waals surface area contributed by atoms with E-state index in [-0.39, 0.29) is 17.9 Å². The lowest BCUT2D eigenvalue weighted by Gasteiger charge is -2.13. The molecule has 0 saturated carbocycles. The average molecular weight is 289 g/mol. The molecule has 1 amide bonds. The number of carbonyl (C=O) groups excluding carboxylic acids is 1. The van der Waals surface area contributed by atoms with Crippen LogP contribution in [-0.2, 0) is 0 Å². The zero-order chi connectivity index (χ0) is 15.6. The smallest absolute Gasteiger partial charge is 0.287 e. The minimum absolute atomic E-state index is 0.209. The molecule has 1 aromatic carbocycles. The number of carbonyl (C=O) groups is 1. The van der Waals surface area contributed by atoms with Gasteiger partial charge in [0.25, 0.3) is 5.91 Å². The van der Waals surface area contributed by atoms with Gasteiger partial charge >= 0.3 is 0 Å². The van der Waals surface area contributed by atoms with Gasteiger partial charge in [0.1, 0.15) is 5.58 Å². The molecule has 2 aromatic rings. The van der Waals surface area contributed by atoms with Crippen LogP contribution in [0.5, 0.6) is 0 Å². The normalized spacial score (nSPS) is 14.1. The fourth-order valence-electron chi connectivity index (χ4n) is 2.43. The number of aryl methyl sites for hydroxylation is 2. The van der Waals surface area contributed by atoms with Crippen LogP contribution in [0.4, 0.5) is 0 Å². The van der Waals surface area contributed by atoms with Crippen molar-refractivity contribution in [3.05, 3.63) is 35.1 Å². The number of hydrogen-bond donors (Lipinski definition) is 2. The molecular formula is C17H23NO3. The number of fused-ring (bicyclic) bond motifs is 1. The maximum atomic E-state index is 12.1. The quantitative estimate of drug-likeness (QED) is 0.888. The van der Waals surface area contributed by atoms with Crippen LogP contribution in [-0.4, -0.2) is 23.7 Å². The zero-order valence-electron chi connectivity index (χ0n) is 13.1. The van der Waals surface area contributed by atoms with Crippen molar-refractivity contribution >= 4 is 16.9 Å². The summed E-state index contributed by atoms with van der Waals surface area (Å²) in [5.41, 5.74) is 3.07. The van der Waals surface area contributed by atoms with Crippen LogP contribution >= 0.6 is 0 Å². The standard InChI is InChI=1S/C17H23NO3/c1-10(5-13(4)19)9-18-17(20)16-8-14-6-11(2)12(3)7-15(14)21-16/h6-8,10,13,19H,5,9H2,1-4H3,(H,18,20). The van der Waals surface area contributed by atoms with Crippen LogP contribution in [0.25, 0.3) is 11.0 Å².